The highest BCUT2D eigenvalue weighted by atomic mass is 35.5. The molecule has 5 heteroatoms. The van der Waals surface area contributed by atoms with Crippen molar-refractivity contribution in [2.75, 3.05) is 0 Å². The Labute approximate surface area is 114 Å². The van der Waals surface area contributed by atoms with Crippen LogP contribution in [0.15, 0.2) is 42.5 Å². The van der Waals surface area contributed by atoms with Gasteiger partial charge in [0.25, 0.3) is 0 Å². The van der Waals surface area contributed by atoms with Crippen LogP contribution in [0.25, 0.3) is 0 Å². The number of pyridine rings is 1. The van der Waals surface area contributed by atoms with E-state index in [1.165, 1.54) is 12.1 Å². The van der Waals surface area contributed by atoms with E-state index in [0.717, 1.165) is 5.56 Å². The van der Waals surface area contributed by atoms with Gasteiger partial charge in [0.1, 0.15) is 17.5 Å². The van der Waals surface area contributed by atoms with Gasteiger partial charge in [-0.05, 0) is 17.7 Å². The number of ether oxygens (including phenoxy) is 1. The summed E-state index contributed by atoms with van der Waals surface area (Å²) in [6, 6.07) is 12.4. The van der Waals surface area contributed by atoms with Gasteiger partial charge < -0.3 is 4.74 Å². The van der Waals surface area contributed by atoms with Gasteiger partial charge >= 0.3 is 5.97 Å². The average molecular weight is 282 g/mol. The van der Waals surface area contributed by atoms with E-state index < -0.39 is 5.97 Å². The first-order valence-corrected chi connectivity index (χ1v) is 5.95. The second-order valence-electron chi connectivity index (χ2n) is 3.53. The number of aromatic nitrogens is 1. The van der Waals surface area contributed by atoms with Gasteiger partial charge in [-0.3, -0.25) is 0 Å². The third-order valence-electron chi connectivity index (χ3n) is 2.23. The minimum absolute atomic E-state index is 0.0887. The Kier molecular flexibility index (Phi) is 4.18. The molecule has 18 heavy (non-hydrogen) atoms. The molecule has 3 nitrogen and oxygen atoms in total. The first-order chi connectivity index (χ1) is 8.66. The van der Waals surface area contributed by atoms with Gasteiger partial charge in [-0.1, -0.05) is 53.5 Å². The number of esters is 1. The Morgan fingerprint density at radius 1 is 1.11 bits per heavy atom. The molecule has 0 saturated carbocycles. The second kappa shape index (κ2) is 5.85. The molecule has 92 valence electrons. The van der Waals surface area contributed by atoms with Crippen LogP contribution >= 0.6 is 23.2 Å². The minimum atomic E-state index is -0.530. The quantitative estimate of drug-likeness (QED) is 0.635. The molecule has 0 fully saturated rings. The van der Waals surface area contributed by atoms with E-state index in [9.17, 15) is 4.79 Å². The zero-order valence-electron chi connectivity index (χ0n) is 9.27. The smallest absolute Gasteiger partial charge is 0.357 e. The van der Waals surface area contributed by atoms with Crippen molar-refractivity contribution in [3.63, 3.8) is 0 Å². The van der Waals surface area contributed by atoms with Crippen molar-refractivity contribution in [1.82, 2.24) is 4.98 Å². The van der Waals surface area contributed by atoms with E-state index in [4.69, 9.17) is 27.9 Å². The summed E-state index contributed by atoms with van der Waals surface area (Å²) in [6.07, 6.45) is 0. The summed E-state index contributed by atoms with van der Waals surface area (Å²) in [6.45, 7) is 0.196. The van der Waals surface area contributed by atoms with E-state index in [-0.39, 0.29) is 17.5 Å². The number of benzene rings is 1. The number of halogens is 2. The molecule has 0 amide bonds. The van der Waals surface area contributed by atoms with E-state index >= 15 is 0 Å². The van der Waals surface area contributed by atoms with Crippen molar-refractivity contribution in [1.29, 1.82) is 0 Å². The molecular weight excluding hydrogens is 273 g/mol. The van der Waals surface area contributed by atoms with Crippen LogP contribution in [0.2, 0.25) is 10.2 Å². The van der Waals surface area contributed by atoms with Crippen LogP contribution in [0.4, 0.5) is 0 Å². The molecule has 1 aromatic heterocycles. The van der Waals surface area contributed by atoms with Gasteiger partial charge in [-0.15, -0.1) is 0 Å². The zero-order chi connectivity index (χ0) is 13.0. The zero-order valence-corrected chi connectivity index (χ0v) is 10.8. The fourth-order valence-corrected chi connectivity index (χ4v) is 1.59. The number of hydrogen-bond acceptors (Lipinski definition) is 3. The second-order valence-corrected chi connectivity index (χ2v) is 4.30. The van der Waals surface area contributed by atoms with Crippen molar-refractivity contribution < 1.29 is 9.53 Å². The van der Waals surface area contributed by atoms with Crippen molar-refractivity contribution in [3.05, 3.63) is 63.9 Å². The molecule has 0 radical (unpaired) electrons. The fraction of sp³-hybridized carbons (Fsp3) is 0.0769. The molecule has 2 rings (SSSR count). The van der Waals surface area contributed by atoms with E-state index in [1.54, 1.807) is 0 Å². The summed E-state index contributed by atoms with van der Waals surface area (Å²) < 4.78 is 5.11. The predicted molar refractivity (Wildman–Crippen MR) is 69.8 cm³/mol. The molecule has 0 bridgehead atoms. The molecule has 0 spiro atoms. The van der Waals surface area contributed by atoms with Crippen molar-refractivity contribution in [3.8, 4) is 0 Å². The first kappa shape index (κ1) is 12.9. The molecular formula is C13H9Cl2NO2. The number of rotatable bonds is 3. The molecule has 0 atom stereocenters. The largest absolute Gasteiger partial charge is 0.456 e. The summed E-state index contributed by atoms with van der Waals surface area (Å²) in [5, 5.41) is 0.391. The lowest BCUT2D eigenvalue weighted by atomic mass is 10.2. The Hall–Kier alpha value is -1.58. The summed E-state index contributed by atoms with van der Waals surface area (Å²) in [5.74, 6) is -0.530. The van der Waals surface area contributed by atoms with Crippen molar-refractivity contribution in [2.24, 2.45) is 0 Å². The molecule has 1 aromatic carbocycles. The Morgan fingerprint density at radius 2 is 1.83 bits per heavy atom. The third-order valence-corrected chi connectivity index (χ3v) is 2.91. The molecule has 0 saturated heterocycles. The molecule has 1 heterocycles. The lowest BCUT2D eigenvalue weighted by molar-refractivity contribution is 0.0466. The topological polar surface area (TPSA) is 39.2 Å². The monoisotopic (exact) mass is 281 g/mol. The molecule has 0 N–H and O–H groups in total. The number of nitrogens with zero attached hydrogens (tertiary/aromatic N) is 1. The van der Waals surface area contributed by atoms with E-state index in [0.29, 0.717) is 5.02 Å². The van der Waals surface area contributed by atoms with Crippen LogP contribution in [-0.2, 0) is 11.3 Å². The van der Waals surface area contributed by atoms with Gasteiger partial charge in [0.05, 0.1) is 5.02 Å². The van der Waals surface area contributed by atoms with Crippen LogP contribution in [0.5, 0.6) is 0 Å². The SMILES string of the molecule is O=C(OCc1ccccc1)c1ccc(Cl)c(Cl)n1. The van der Waals surface area contributed by atoms with Crippen LogP contribution in [0, 0.1) is 0 Å². The highest BCUT2D eigenvalue weighted by Crippen LogP contribution is 2.19. The van der Waals surface area contributed by atoms with Crippen LogP contribution in [0.3, 0.4) is 0 Å². The van der Waals surface area contributed by atoms with Crippen LogP contribution in [0.1, 0.15) is 16.1 Å². The maximum absolute atomic E-state index is 11.7. The fourth-order valence-electron chi connectivity index (χ4n) is 1.33. The molecule has 0 aliphatic heterocycles. The van der Waals surface area contributed by atoms with Gasteiger partial charge in [-0.2, -0.15) is 0 Å². The first-order valence-electron chi connectivity index (χ1n) is 5.20. The number of carbonyl (C=O) groups is 1. The van der Waals surface area contributed by atoms with Crippen LogP contribution in [-0.4, -0.2) is 11.0 Å². The predicted octanol–water partition coefficient (Wildman–Crippen LogP) is 3.75. The highest BCUT2D eigenvalue weighted by molar-refractivity contribution is 6.41. The van der Waals surface area contributed by atoms with E-state index in [1.807, 2.05) is 30.3 Å². The maximum atomic E-state index is 11.7. The summed E-state index contributed by atoms with van der Waals surface area (Å²) in [7, 11) is 0. The Morgan fingerprint density at radius 3 is 2.50 bits per heavy atom. The minimum Gasteiger partial charge on any atom is -0.456 e. The standard InChI is InChI=1S/C13H9Cl2NO2/c14-10-6-7-11(16-12(10)15)13(17)18-8-9-4-2-1-3-5-9/h1-7H,8H2. The van der Waals surface area contributed by atoms with Gasteiger partial charge in [0.15, 0.2) is 0 Å². The normalized spacial score (nSPS) is 10.1. The Bertz CT molecular complexity index is 558. The van der Waals surface area contributed by atoms with E-state index in [2.05, 4.69) is 4.98 Å². The lowest BCUT2D eigenvalue weighted by Gasteiger charge is -2.04. The molecule has 0 unspecified atom stereocenters. The average Bonchev–Trinajstić information content (AvgIpc) is 2.40. The summed E-state index contributed by atoms with van der Waals surface area (Å²) >= 11 is 11.4. The maximum Gasteiger partial charge on any atom is 0.357 e. The summed E-state index contributed by atoms with van der Waals surface area (Å²) in [4.78, 5) is 15.5. The van der Waals surface area contributed by atoms with Crippen molar-refractivity contribution >= 4 is 29.2 Å². The van der Waals surface area contributed by atoms with Gasteiger partial charge in [0, 0.05) is 0 Å². The lowest BCUT2D eigenvalue weighted by Crippen LogP contribution is -2.07. The number of hydrogen-bond donors (Lipinski definition) is 0. The Balaban J connectivity index is 2.02. The van der Waals surface area contributed by atoms with Crippen molar-refractivity contribution in [2.45, 2.75) is 6.61 Å². The van der Waals surface area contributed by atoms with Gasteiger partial charge in [0.2, 0.25) is 0 Å². The number of carbonyl (C=O) groups excluding carboxylic acids is 1. The molecule has 2 aromatic rings. The highest BCUT2D eigenvalue weighted by Gasteiger charge is 2.11. The molecule has 0 aliphatic carbocycles. The van der Waals surface area contributed by atoms with Crippen LogP contribution < -0.4 is 0 Å². The summed E-state index contributed by atoms with van der Waals surface area (Å²) in [5.41, 5.74) is 1.05. The third kappa shape index (κ3) is 3.22. The molecule has 0 aliphatic rings. The van der Waals surface area contributed by atoms with Gasteiger partial charge in [-0.25, -0.2) is 9.78 Å².